The molecule has 16 heavy (non-hydrogen) atoms. The number of morpholine rings is 1. The lowest BCUT2D eigenvalue weighted by Crippen LogP contribution is -2.56. The largest absolute Gasteiger partial charge is 0.379 e. The van der Waals surface area contributed by atoms with E-state index in [1.165, 1.54) is 6.26 Å². The Labute approximate surface area is 98.2 Å². The maximum atomic E-state index is 11.1. The number of hydrogen-bond donors (Lipinski definition) is 1. The van der Waals surface area contributed by atoms with Crippen LogP contribution in [0.5, 0.6) is 0 Å². The molecule has 0 aromatic carbocycles. The summed E-state index contributed by atoms with van der Waals surface area (Å²) < 4.78 is 30.1. The molecule has 0 saturated carbocycles. The van der Waals surface area contributed by atoms with Crippen molar-refractivity contribution in [2.75, 3.05) is 39.1 Å². The van der Waals surface area contributed by atoms with Gasteiger partial charge in [-0.15, -0.1) is 0 Å². The summed E-state index contributed by atoms with van der Waals surface area (Å²) in [5, 5.41) is 0. The summed E-state index contributed by atoms with van der Waals surface area (Å²) >= 11 is 0. The molecular weight excluding hydrogens is 228 g/mol. The predicted octanol–water partition coefficient (Wildman–Crippen LogP) is 0.0365. The average molecular weight is 250 g/mol. The molecule has 0 aliphatic carbocycles. The van der Waals surface area contributed by atoms with Gasteiger partial charge in [0, 0.05) is 25.2 Å². The van der Waals surface area contributed by atoms with Crippen LogP contribution in [0.1, 0.15) is 20.3 Å². The lowest BCUT2D eigenvalue weighted by molar-refractivity contribution is -0.0157. The van der Waals surface area contributed by atoms with Crippen LogP contribution in [-0.4, -0.2) is 58.0 Å². The molecule has 0 aromatic heterocycles. The molecule has 1 heterocycles. The number of nitrogens with zero attached hydrogens (tertiary/aromatic N) is 1. The van der Waals surface area contributed by atoms with Crippen LogP contribution in [0, 0.1) is 0 Å². The number of rotatable bonds is 5. The lowest BCUT2D eigenvalue weighted by atomic mass is 9.96. The first-order valence-corrected chi connectivity index (χ1v) is 7.54. The van der Waals surface area contributed by atoms with Crippen LogP contribution in [0.3, 0.4) is 0 Å². The summed E-state index contributed by atoms with van der Waals surface area (Å²) in [5.41, 5.74) is -0.118. The van der Waals surface area contributed by atoms with Crippen molar-refractivity contribution in [1.82, 2.24) is 9.62 Å². The van der Waals surface area contributed by atoms with E-state index >= 15 is 0 Å². The van der Waals surface area contributed by atoms with Gasteiger partial charge in [0.1, 0.15) is 0 Å². The molecule has 1 saturated heterocycles. The summed E-state index contributed by atoms with van der Waals surface area (Å²) in [6, 6.07) is 0. The highest BCUT2D eigenvalue weighted by molar-refractivity contribution is 7.88. The van der Waals surface area contributed by atoms with Gasteiger partial charge in [0.05, 0.1) is 19.5 Å². The van der Waals surface area contributed by atoms with Crippen molar-refractivity contribution in [3.63, 3.8) is 0 Å². The first-order chi connectivity index (χ1) is 7.37. The molecular formula is C10H22N2O3S. The molecule has 0 radical (unpaired) electrons. The molecule has 1 aliphatic heterocycles. The average Bonchev–Trinajstić information content (AvgIpc) is 2.26. The smallest absolute Gasteiger partial charge is 0.208 e. The van der Waals surface area contributed by atoms with Crippen LogP contribution in [0.4, 0.5) is 0 Å². The second-order valence-corrected chi connectivity index (χ2v) is 6.38. The van der Waals surface area contributed by atoms with Crippen molar-refractivity contribution < 1.29 is 13.2 Å². The Morgan fingerprint density at radius 1 is 1.38 bits per heavy atom. The Bertz CT molecular complexity index is 312. The van der Waals surface area contributed by atoms with Gasteiger partial charge < -0.3 is 4.74 Å². The predicted molar refractivity (Wildman–Crippen MR) is 63.9 cm³/mol. The van der Waals surface area contributed by atoms with Gasteiger partial charge in [-0.25, -0.2) is 13.1 Å². The second kappa shape index (κ2) is 5.44. The van der Waals surface area contributed by atoms with Crippen LogP contribution >= 0.6 is 0 Å². The van der Waals surface area contributed by atoms with E-state index in [0.29, 0.717) is 6.54 Å². The molecule has 0 spiro atoms. The Hall–Kier alpha value is -0.170. The molecule has 1 N–H and O–H groups in total. The molecule has 1 atom stereocenters. The number of ether oxygens (including phenoxy) is 1. The van der Waals surface area contributed by atoms with Crippen molar-refractivity contribution >= 4 is 10.0 Å². The molecule has 0 aromatic rings. The molecule has 0 unspecified atom stereocenters. The van der Waals surface area contributed by atoms with Crippen molar-refractivity contribution in [1.29, 1.82) is 0 Å². The van der Waals surface area contributed by atoms with Gasteiger partial charge in [0.15, 0.2) is 0 Å². The minimum Gasteiger partial charge on any atom is -0.379 e. The van der Waals surface area contributed by atoms with E-state index in [2.05, 4.69) is 23.5 Å². The number of hydrogen-bond acceptors (Lipinski definition) is 4. The standard InChI is InChI=1S/C10H22N2O3S/c1-4-10(2,9-11-16(3,13)14)12-5-7-15-8-6-12/h11H,4-9H2,1-3H3/t10-/m1/s1. The maximum Gasteiger partial charge on any atom is 0.208 e. The van der Waals surface area contributed by atoms with Crippen molar-refractivity contribution in [2.24, 2.45) is 0 Å². The van der Waals surface area contributed by atoms with Crippen LogP contribution in [0.25, 0.3) is 0 Å². The SMILES string of the molecule is CC[C@](C)(CNS(C)(=O)=O)N1CCOCC1. The summed E-state index contributed by atoms with van der Waals surface area (Å²) in [7, 11) is -3.11. The monoisotopic (exact) mass is 250 g/mol. The van der Waals surface area contributed by atoms with E-state index in [-0.39, 0.29) is 5.54 Å². The molecule has 0 bridgehead atoms. The Morgan fingerprint density at radius 2 is 1.94 bits per heavy atom. The van der Waals surface area contributed by atoms with E-state index in [4.69, 9.17) is 4.74 Å². The second-order valence-electron chi connectivity index (χ2n) is 4.54. The summed E-state index contributed by atoms with van der Waals surface area (Å²) in [6.07, 6.45) is 2.11. The van der Waals surface area contributed by atoms with Gasteiger partial charge in [-0.05, 0) is 13.3 Å². The van der Waals surface area contributed by atoms with Gasteiger partial charge in [-0.1, -0.05) is 6.92 Å². The van der Waals surface area contributed by atoms with Gasteiger partial charge in [0.2, 0.25) is 10.0 Å². The van der Waals surface area contributed by atoms with E-state index in [0.717, 1.165) is 32.7 Å². The summed E-state index contributed by atoms with van der Waals surface area (Å²) in [6.45, 7) is 7.84. The third-order valence-corrected chi connectivity index (χ3v) is 3.92. The van der Waals surface area contributed by atoms with Crippen LogP contribution in [-0.2, 0) is 14.8 Å². The summed E-state index contributed by atoms with van der Waals surface area (Å²) in [5.74, 6) is 0. The highest BCUT2D eigenvalue weighted by Gasteiger charge is 2.31. The molecule has 5 nitrogen and oxygen atoms in total. The fourth-order valence-electron chi connectivity index (χ4n) is 1.85. The molecule has 6 heteroatoms. The third kappa shape index (κ3) is 4.01. The fourth-order valence-corrected chi connectivity index (χ4v) is 2.42. The minimum absolute atomic E-state index is 0.118. The first-order valence-electron chi connectivity index (χ1n) is 5.65. The zero-order valence-corrected chi connectivity index (χ0v) is 11.1. The third-order valence-electron chi connectivity index (χ3n) is 3.25. The highest BCUT2D eigenvalue weighted by atomic mass is 32.2. The highest BCUT2D eigenvalue weighted by Crippen LogP contribution is 2.20. The van der Waals surface area contributed by atoms with E-state index in [9.17, 15) is 8.42 Å². The molecule has 1 rings (SSSR count). The van der Waals surface area contributed by atoms with Gasteiger partial charge >= 0.3 is 0 Å². The normalized spacial score (nSPS) is 22.9. The summed E-state index contributed by atoms with van der Waals surface area (Å²) in [4.78, 5) is 2.30. The van der Waals surface area contributed by atoms with Crippen LogP contribution < -0.4 is 4.72 Å². The van der Waals surface area contributed by atoms with Crippen molar-refractivity contribution in [3.8, 4) is 0 Å². The van der Waals surface area contributed by atoms with Crippen molar-refractivity contribution in [3.05, 3.63) is 0 Å². The van der Waals surface area contributed by atoms with Crippen LogP contribution in [0.15, 0.2) is 0 Å². The topological polar surface area (TPSA) is 58.6 Å². The number of nitrogens with one attached hydrogen (secondary N) is 1. The zero-order valence-electron chi connectivity index (χ0n) is 10.3. The minimum atomic E-state index is -3.11. The van der Waals surface area contributed by atoms with E-state index in [1.54, 1.807) is 0 Å². The molecule has 0 amide bonds. The van der Waals surface area contributed by atoms with E-state index in [1.807, 2.05) is 0 Å². The maximum absolute atomic E-state index is 11.1. The molecule has 96 valence electrons. The Balaban J connectivity index is 2.60. The Morgan fingerprint density at radius 3 is 2.38 bits per heavy atom. The van der Waals surface area contributed by atoms with Gasteiger partial charge in [-0.3, -0.25) is 4.90 Å². The van der Waals surface area contributed by atoms with E-state index < -0.39 is 10.0 Å². The molecule has 1 fully saturated rings. The quantitative estimate of drug-likeness (QED) is 0.748. The number of sulfonamides is 1. The Kier molecular flexibility index (Phi) is 4.73. The fraction of sp³-hybridized carbons (Fsp3) is 1.00. The zero-order chi connectivity index (χ0) is 12.2. The van der Waals surface area contributed by atoms with Gasteiger partial charge in [0.25, 0.3) is 0 Å². The van der Waals surface area contributed by atoms with Crippen molar-refractivity contribution in [2.45, 2.75) is 25.8 Å². The first kappa shape index (κ1) is 13.9. The molecule has 1 aliphatic rings. The van der Waals surface area contributed by atoms with Gasteiger partial charge in [-0.2, -0.15) is 0 Å². The van der Waals surface area contributed by atoms with Crippen LogP contribution in [0.2, 0.25) is 0 Å². The lowest BCUT2D eigenvalue weighted by Gasteiger charge is -2.42.